The zero-order chi connectivity index (χ0) is 24.8. The van der Waals surface area contributed by atoms with E-state index in [1.54, 1.807) is 6.07 Å². The Morgan fingerprint density at radius 1 is 0.889 bits per heavy atom. The molecule has 6 rings (SSSR count). The van der Waals surface area contributed by atoms with E-state index in [0.29, 0.717) is 17.6 Å². The highest BCUT2D eigenvalue weighted by molar-refractivity contribution is 6.11. The highest BCUT2D eigenvalue weighted by Crippen LogP contribution is 2.33. The Labute approximate surface area is 209 Å². The lowest BCUT2D eigenvalue weighted by Crippen LogP contribution is -2.55. The molecule has 0 unspecified atom stereocenters. The van der Waals surface area contributed by atoms with Crippen LogP contribution >= 0.6 is 0 Å². The van der Waals surface area contributed by atoms with E-state index in [1.807, 2.05) is 53.4 Å². The van der Waals surface area contributed by atoms with Gasteiger partial charge in [0.1, 0.15) is 0 Å². The Balaban J connectivity index is 1.36. The van der Waals surface area contributed by atoms with Gasteiger partial charge in [-0.2, -0.15) is 5.10 Å². The molecule has 0 saturated carbocycles. The van der Waals surface area contributed by atoms with Gasteiger partial charge in [-0.05, 0) is 53.9 Å². The summed E-state index contributed by atoms with van der Waals surface area (Å²) in [5.74, 6) is -0.438. The Kier molecular flexibility index (Phi) is 5.42. The monoisotopic (exact) mass is 476 g/mol. The van der Waals surface area contributed by atoms with Crippen molar-refractivity contribution < 1.29 is 4.79 Å². The Hall–Kier alpha value is -4.23. The average Bonchev–Trinajstić information content (AvgIpc) is 3.31. The van der Waals surface area contributed by atoms with E-state index < -0.39 is 5.91 Å². The smallest absolute Gasteiger partial charge is 0.249 e. The first-order valence-electron chi connectivity index (χ1n) is 12.3. The summed E-state index contributed by atoms with van der Waals surface area (Å²) >= 11 is 0. The third-order valence-electron chi connectivity index (χ3n) is 7.16. The van der Waals surface area contributed by atoms with Gasteiger partial charge in [0, 0.05) is 59.9 Å². The first-order valence-corrected chi connectivity index (χ1v) is 12.3. The summed E-state index contributed by atoms with van der Waals surface area (Å²) < 4.78 is 1.82. The summed E-state index contributed by atoms with van der Waals surface area (Å²) in [5, 5.41) is 9.86. The van der Waals surface area contributed by atoms with Crippen LogP contribution in [0.1, 0.15) is 24.2 Å². The van der Waals surface area contributed by atoms with E-state index in [0.717, 1.165) is 51.8 Å². The number of carbonyl (C=O) groups is 1. The number of hydrogen-bond acceptors (Lipinski definition) is 5. The molecule has 7 nitrogen and oxygen atoms in total. The minimum Gasteiger partial charge on any atom is -0.366 e. The maximum Gasteiger partial charge on any atom is 0.249 e. The van der Waals surface area contributed by atoms with Crippen LogP contribution in [0.4, 0.5) is 5.69 Å². The number of carbonyl (C=O) groups excluding carboxylic acids is 1. The second kappa shape index (κ2) is 8.77. The van der Waals surface area contributed by atoms with Gasteiger partial charge in [0.25, 0.3) is 0 Å². The average molecular weight is 477 g/mol. The van der Waals surface area contributed by atoms with Crippen molar-refractivity contribution in [2.45, 2.75) is 25.9 Å². The Morgan fingerprint density at radius 2 is 1.61 bits per heavy atom. The predicted molar refractivity (Wildman–Crippen MR) is 144 cm³/mol. The molecular formula is C29H28N6O. The van der Waals surface area contributed by atoms with Gasteiger partial charge in [0.15, 0.2) is 5.65 Å². The van der Waals surface area contributed by atoms with Crippen molar-refractivity contribution >= 4 is 28.0 Å². The van der Waals surface area contributed by atoms with Crippen LogP contribution in [0.15, 0.2) is 79.3 Å². The van der Waals surface area contributed by atoms with Crippen LogP contribution in [0, 0.1) is 0 Å². The maximum atomic E-state index is 11.9. The van der Waals surface area contributed by atoms with Crippen LogP contribution in [0.25, 0.3) is 38.7 Å². The normalized spacial score (nSPS) is 18.1. The standard InChI is InChI=1S/C29H28N6O/c1-18-13-31-14-19(2)35(18)22-9-7-20(8-10-22)21-15-32-29-27(16-33-34(29)17-21)25-11-12-26(28(30)36)24-6-4-3-5-23(24)25/h3-12,15-19,31H,13-14H2,1-2H3,(H2,30,36)/t18-,19+. The number of nitrogens with zero attached hydrogens (tertiary/aromatic N) is 4. The van der Waals surface area contributed by atoms with Gasteiger partial charge < -0.3 is 16.0 Å². The van der Waals surface area contributed by atoms with Gasteiger partial charge in [-0.15, -0.1) is 0 Å². The molecule has 0 radical (unpaired) electrons. The summed E-state index contributed by atoms with van der Waals surface area (Å²) in [5.41, 5.74) is 12.1. The van der Waals surface area contributed by atoms with E-state index in [1.165, 1.54) is 5.69 Å². The van der Waals surface area contributed by atoms with Crippen molar-refractivity contribution in [1.29, 1.82) is 0 Å². The van der Waals surface area contributed by atoms with Crippen LogP contribution in [0.3, 0.4) is 0 Å². The molecule has 5 aromatic rings. The van der Waals surface area contributed by atoms with Crippen molar-refractivity contribution in [3.8, 4) is 22.3 Å². The quantitative estimate of drug-likeness (QED) is 0.399. The molecule has 0 aliphatic carbocycles. The molecular weight excluding hydrogens is 448 g/mol. The Bertz CT molecular complexity index is 1580. The third-order valence-corrected chi connectivity index (χ3v) is 7.16. The third kappa shape index (κ3) is 3.69. The minimum absolute atomic E-state index is 0.438. The van der Waals surface area contributed by atoms with Crippen molar-refractivity contribution in [1.82, 2.24) is 19.9 Å². The van der Waals surface area contributed by atoms with E-state index in [9.17, 15) is 4.79 Å². The fraction of sp³-hybridized carbons (Fsp3) is 0.207. The van der Waals surface area contributed by atoms with Crippen LogP contribution < -0.4 is 16.0 Å². The number of primary amides is 1. The van der Waals surface area contributed by atoms with Gasteiger partial charge in [0.05, 0.1) is 6.20 Å². The fourth-order valence-corrected chi connectivity index (χ4v) is 5.43. The lowest BCUT2D eigenvalue weighted by Gasteiger charge is -2.41. The zero-order valence-electron chi connectivity index (χ0n) is 20.3. The summed E-state index contributed by atoms with van der Waals surface area (Å²) in [4.78, 5) is 19.2. The van der Waals surface area contributed by atoms with Gasteiger partial charge >= 0.3 is 0 Å². The minimum atomic E-state index is -0.438. The first kappa shape index (κ1) is 22.2. The topological polar surface area (TPSA) is 88.5 Å². The number of hydrogen-bond donors (Lipinski definition) is 2. The molecule has 3 N–H and O–H groups in total. The molecule has 36 heavy (non-hydrogen) atoms. The number of nitrogens with two attached hydrogens (primary N) is 1. The van der Waals surface area contributed by atoms with Crippen molar-refractivity contribution in [3.63, 3.8) is 0 Å². The van der Waals surface area contributed by atoms with Gasteiger partial charge in [-0.1, -0.05) is 42.5 Å². The second-order valence-electron chi connectivity index (χ2n) is 9.55. The van der Waals surface area contributed by atoms with E-state index in [-0.39, 0.29) is 0 Å². The number of piperazine rings is 1. The molecule has 3 aromatic carbocycles. The van der Waals surface area contributed by atoms with Gasteiger partial charge in [-0.3, -0.25) is 4.79 Å². The molecule has 7 heteroatoms. The van der Waals surface area contributed by atoms with Crippen molar-refractivity contribution in [2.75, 3.05) is 18.0 Å². The van der Waals surface area contributed by atoms with Gasteiger partial charge in [-0.25, -0.2) is 9.50 Å². The predicted octanol–water partition coefficient (Wildman–Crippen LogP) is 4.50. The number of benzene rings is 3. The SMILES string of the molecule is C[C@@H]1CNC[C@H](C)N1c1ccc(-c2cnc3c(-c4ccc(C(N)=O)c5ccccc45)cnn3c2)cc1. The molecule has 1 aliphatic rings. The maximum absolute atomic E-state index is 11.9. The number of rotatable bonds is 4. The summed E-state index contributed by atoms with van der Waals surface area (Å²) in [6.07, 6.45) is 5.73. The molecule has 1 amide bonds. The summed E-state index contributed by atoms with van der Waals surface area (Å²) in [6.45, 7) is 6.51. The lowest BCUT2D eigenvalue weighted by molar-refractivity contribution is 0.100. The number of nitrogens with one attached hydrogen (secondary N) is 1. The van der Waals surface area contributed by atoms with E-state index in [2.05, 4.69) is 53.4 Å². The second-order valence-corrected chi connectivity index (χ2v) is 9.55. The molecule has 2 aromatic heterocycles. The molecule has 0 spiro atoms. The van der Waals surface area contributed by atoms with Crippen LogP contribution in [-0.2, 0) is 0 Å². The number of anilines is 1. The molecule has 1 aliphatic heterocycles. The van der Waals surface area contributed by atoms with Crippen LogP contribution in [0.5, 0.6) is 0 Å². The lowest BCUT2D eigenvalue weighted by atomic mass is 9.96. The number of fused-ring (bicyclic) bond motifs is 2. The highest BCUT2D eigenvalue weighted by Gasteiger charge is 2.24. The van der Waals surface area contributed by atoms with Crippen LogP contribution in [0.2, 0.25) is 0 Å². The first-order chi connectivity index (χ1) is 17.5. The molecule has 3 heterocycles. The molecule has 1 saturated heterocycles. The van der Waals surface area contributed by atoms with Crippen molar-refractivity contribution in [2.24, 2.45) is 5.73 Å². The highest BCUT2D eigenvalue weighted by atomic mass is 16.1. The fourth-order valence-electron chi connectivity index (χ4n) is 5.43. The summed E-state index contributed by atoms with van der Waals surface area (Å²) in [7, 11) is 0. The molecule has 0 bridgehead atoms. The van der Waals surface area contributed by atoms with Crippen molar-refractivity contribution in [3.05, 3.63) is 84.8 Å². The summed E-state index contributed by atoms with van der Waals surface area (Å²) in [6, 6.07) is 21.1. The largest absolute Gasteiger partial charge is 0.366 e. The van der Waals surface area contributed by atoms with E-state index >= 15 is 0 Å². The van der Waals surface area contributed by atoms with E-state index in [4.69, 9.17) is 10.7 Å². The molecule has 2 atom stereocenters. The molecule has 180 valence electrons. The zero-order valence-corrected chi connectivity index (χ0v) is 20.3. The molecule has 1 fully saturated rings. The Morgan fingerprint density at radius 3 is 2.33 bits per heavy atom. The number of amides is 1. The van der Waals surface area contributed by atoms with Gasteiger partial charge in [0.2, 0.25) is 5.91 Å². The number of aromatic nitrogens is 3. The van der Waals surface area contributed by atoms with Crippen LogP contribution in [-0.4, -0.2) is 45.7 Å².